The quantitative estimate of drug-likeness (QED) is 0.334. The molecule has 0 radical (unpaired) electrons. The van der Waals surface area contributed by atoms with Crippen molar-refractivity contribution in [2.75, 3.05) is 6.54 Å². The molecule has 1 atom stereocenters. The van der Waals surface area contributed by atoms with Crippen LogP contribution in [0.2, 0.25) is 0 Å². The zero-order valence-corrected chi connectivity index (χ0v) is 19.1. The molecule has 1 aromatic carbocycles. The summed E-state index contributed by atoms with van der Waals surface area (Å²) < 4.78 is 2.07. The molecular formula is C24H19N3OS3. The molecule has 7 heteroatoms. The van der Waals surface area contributed by atoms with Gasteiger partial charge in [0, 0.05) is 39.1 Å². The number of imidazole rings is 1. The lowest BCUT2D eigenvalue weighted by atomic mass is 9.98. The number of fused-ring (bicyclic) bond motifs is 2. The number of thiazole rings is 1. The second kappa shape index (κ2) is 7.75. The SMILES string of the molecule is O=C(Cc1csc2nc(-c3ccccc3)cn12)N1CCc2sccc2C1c1cccs1. The number of rotatable bonds is 4. The molecule has 1 aliphatic heterocycles. The van der Waals surface area contributed by atoms with Crippen LogP contribution < -0.4 is 0 Å². The monoisotopic (exact) mass is 461 g/mol. The van der Waals surface area contributed by atoms with Crippen molar-refractivity contribution in [2.24, 2.45) is 0 Å². The molecule has 4 nitrogen and oxygen atoms in total. The number of thiophene rings is 2. The van der Waals surface area contributed by atoms with E-state index in [2.05, 4.69) is 55.8 Å². The Morgan fingerprint density at radius 3 is 2.77 bits per heavy atom. The maximum absolute atomic E-state index is 13.5. The van der Waals surface area contributed by atoms with E-state index in [1.54, 1.807) is 34.0 Å². The topological polar surface area (TPSA) is 37.6 Å². The van der Waals surface area contributed by atoms with E-state index in [1.165, 1.54) is 15.3 Å². The molecule has 1 unspecified atom stereocenters. The highest BCUT2D eigenvalue weighted by molar-refractivity contribution is 7.15. The first kappa shape index (κ1) is 19.0. The van der Waals surface area contributed by atoms with E-state index in [9.17, 15) is 4.79 Å². The van der Waals surface area contributed by atoms with Crippen LogP contribution in [0.15, 0.2) is 70.9 Å². The summed E-state index contributed by atoms with van der Waals surface area (Å²) in [5.74, 6) is 0.171. The zero-order valence-electron chi connectivity index (χ0n) is 16.6. The van der Waals surface area contributed by atoms with Gasteiger partial charge in [0.15, 0.2) is 4.96 Å². The highest BCUT2D eigenvalue weighted by atomic mass is 32.1. The summed E-state index contributed by atoms with van der Waals surface area (Å²) in [6.07, 6.45) is 3.36. The lowest BCUT2D eigenvalue weighted by Gasteiger charge is -2.35. The van der Waals surface area contributed by atoms with Crippen molar-refractivity contribution in [3.05, 3.63) is 91.9 Å². The van der Waals surface area contributed by atoms with Crippen molar-refractivity contribution in [1.82, 2.24) is 14.3 Å². The van der Waals surface area contributed by atoms with E-state index in [0.29, 0.717) is 6.42 Å². The standard InChI is InChI=1S/C24H19N3OS3/c28-22(26-10-8-20-18(9-12-30-20)23(26)21-7-4-11-29-21)13-17-15-31-24-25-19(14-27(17)24)16-5-2-1-3-6-16/h1-7,9,11-12,14-15,23H,8,10,13H2. The second-order valence-corrected chi connectivity index (χ2v) is 10.4. The molecule has 0 saturated carbocycles. The molecule has 0 saturated heterocycles. The van der Waals surface area contributed by atoms with Gasteiger partial charge >= 0.3 is 0 Å². The van der Waals surface area contributed by atoms with Crippen LogP contribution in [-0.4, -0.2) is 26.7 Å². The van der Waals surface area contributed by atoms with E-state index in [-0.39, 0.29) is 11.9 Å². The third-order valence-corrected chi connectivity index (χ3v) is 8.59. The lowest BCUT2D eigenvalue weighted by Crippen LogP contribution is -2.40. The van der Waals surface area contributed by atoms with Gasteiger partial charge in [-0.2, -0.15) is 0 Å². The van der Waals surface area contributed by atoms with Crippen LogP contribution in [0.25, 0.3) is 16.2 Å². The molecular weight excluding hydrogens is 442 g/mol. The van der Waals surface area contributed by atoms with Crippen molar-refractivity contribution in [3.8, 4) is 11.3 Å². The maximum Gasteiger partial charge on any atom is 0.229 e. The molecule has 0 spiro atoms. The first-order valence-corrected chi connectivity index (χ1v) is 12.8. The largest absolute Gasteiger partial charge is 0.330 e. The predicted molar refractivity (Wildman–Crippen MR) is 128 cm³/mol. The van der Waals surface area contributed by atoms with Gasteiger partial charge in [-0.25, -0.2) is 4.98 Å². The fourth-order valence-electron chi connectivity index (χ4n) is 4.30. The van der Waals surface area contributed by atoms with Gasteiger partial charge < -0.3 is 4.90 Å². The Morgan fingerprint density at radius 1 is 1.03 bits per heavy atom. The average Bonchev–Trinajstić information content (AvgIpc) is 3.58. The fourth-order valence-corrected chi connectivity index (χ4v) is 6.93. The van der Waals surface area contributed by atoms with Gasteiger partial charge in [-0.05, 0) is 34.9 Å². The van der Waals surface area contributed by atoms with E-state index in [0.717, 1.165) is 34.9 Å². The minimum atomic E-state index is 0.0271. The van der Waals surface area contributed by atoms with Crippen molar-refractivity contribution in [2.45, 2.75) is 18.9 Å². The van der Waals surface area contributed by atoms with Crippen molar-refractivity contribution in [3.63, 3.8) is 0 Å². The van der Waals surface area contributed by atoms with Gasteiger partial charge in [0.1, 0.15) is 0 Å². The summed E-state index contributed by atoms with van der Waals surface area (Å²) in [7, 11) is 0. The molecule has 154 valence electrons. The summed E-state index contributed by atoms with van der Waals surface area (Å²) in [6.45, 7) is 0.765. The summed E-state index contributed by atoms with van der Waals surface area (Å²) in [5.41, 5.74) is 4.32. The molecule has 6 rings (SSSR count). The number of hydrogen-bond donors (Lipinski definition) is 0. The van der Waals surface area contributed by atoms with Crippen LogP contribution in [0.4, 0.5) is 0 Å². The van der Waals surface area contributed by atoms with Crippen LogP contribution in [0.3, 0.4) is 0 Å². The minimum Gasteiger partial charge on any atom is -0.330 e. The number of carbonyl (C=O) groups is 1. The van der Waals surface area contributed by atoms with Crippen LogP contribution in [-0.2, 0) is 17.6 Å². The number of benzene rings is 1. The van der Waals surface area contributed by atoms with E-state index in [4.69, 9.17) is 4.98 Å². The molecule has 31 heavy (non-hydrogen) atoms. The molecule has 0 N–H and O–H groups in total. The molecule has 4 aromatic heterocycles. The molecule has 5 aromatic rings. The number of aromatic nitrogens is 2. The van der Waals surface area contributed by atoms with Gasteiger partial charge in [-0.3, -0.25) is 9.20 Å². The highest BCUT2D eigenvalue weighted by Gasteiger charge is 2.33. The summed E-state index contributed by atoms with van der Waals surface area (Å²) in [4.78, 5) is 23.9. The molecule has 0 bridgehead atoms. The highest BCUT2D eigenvalue weighted by Crippen LogP contribution is 2.39. The van der Waals surface area contributed by atoms with Gasteiger partial charge in [0.25, 0.3) is 0 Å². The Balaban J connectivity index is 1.31. The summed E-state index contributed by atoms with van der Waals surface area (Å²) in [5, 5.41) is 6.31. The number of nitrogens with zero attached hydrogens (tertiary/aromatic N) is 3. The van der Waals surface area contributed by atoms with Gasteiger partial charge in [-0.15, -0.1) is 34.0 Å². The number of carbonyl (C=O) groups excluding carboxylic acids is 1. The van der Waals surface area contributed by atoms with Crippen molar-refractivity contribution < 1.29 is 4.79 Å². The van der Waals surface area contributed by atoms with E-state index in [1.807, 2.05) is 24.4 Å². The first-order valence-electron chi connectivity index (χ1n) is 10.2. The number of amides is 1. The Labute approximate surface area is 192 Å². The first-order chi connectivity index (χ1) is 15.3. The van der Waals surface area contributed by atoms with Crippen LogP contribution >= 0.6 is 34.0 Å². The molecule has 0 fully saturated rings. The van der Waals surface area contributed by atoms with Crippen LogP contribution in [0, 0.1) is 0 Å². The zero-order chi connectivity index (χ0) is 20.8. The summed E-state index contributed by atoms with van der Waals surface area (Å²) >= 11 is 5.12. The molecule has 0 aliphatic carbocycles. The second-order valence-electron chi connectivity index (χ2n) is 7.60. The lowest BCUT2D eigenvalue weighted by molar-refractivity contribution is -0.132. The minimum absolute atomic E-state index is 0.0271. The maximum atomic E-state index is 13.5. The van der Waals surface area contributed by atoms with Crippen molar-refractivity contribution >= 4 is 44.9 Å². The third kappa shape index (κ3) is 3.33. The predicted octanol–water partition coefficient (Wildman–Crippen LogP) is 5.90. The third-order valence-electron chi connectivity index (χ3n) is 5.78. The fraction of sp³-hybridized carbons (Fsp3) is 0.167. The Bertz CT molecular complexity index is 1350. The summed E-state index contributed by atoms with van der Waals surface area (Å²) in [6, 6.07) is 16.6. The normalized spacial score (nSPS) is 16.0. The van der Waals surface area contributed by atoms with Gasteiger partial charge in [0.2, 0.25) is 5.91 Å². The number of hydrogen-bond acceptors (Lipinski definition) is 5. The molecule has 1 amide bonds. The average molecular weight is 462 g/mol. The van der Waals surface area contributed by atoms with E-state index < -0.39 is 0 Å². The van der Waals surface area contributed by atoms with Crippen LogP contribution in [0.1, 0.15) is 27.1 Å². The molecule has 5 heterocycles. The van der Waals surface area contributed by atoms with Crippen LogP contribution in [0.5, 0.6) is 0 Å². The molecule has 1 aliphatic rings. The van der Waals surface area contributed by atoms with Gasteiger partial charge in [-0.1, -0.05) is 36.4 Å². The van der Waals surface area contributed by atoms with E-state index >= 15 is 0 Å². The smallest absolute Gasteiger partial charge is 0.229 e. The Kier molecular flexibility index (Phi) is 4.74. The van der Waals surface area contributed by atoms with Gasteiger partial charge in [0.05, 0.1) is 18.2 Å². The Morgan fingerprint density at radius 2 is 1.94 bits per heavy atom. The van der Waals surface area contributed by atoms with Crippen molar-refractivity contribution in [1.29, 1.82) is 0 Å². The Hall–Kier alpha value is -2.74.